The number of diazo groups is 1. The maximum atomic E-state index is 14.1. The largest absolute Gasteiger partial charge is 0.867 e. The van der Waals surface area contributed by atoms with Crippen LogP contribution in [0.1, 0.15) is 121 Å². The molecule has 0 aliphatic heterocycles. The molecule has 268 valence electrons. The first-order valence-corrected chi connectivity index (χ1v) is 19.8. The summed E-state index contributed by atoms with van der Waals surface area (Å²) in [6.45, 7) is 3.93. The van der Waals surface area contributed by atoms with Crippen molar-refractivity contribution in [2.24, 2.45) is 0 Å². The third-order valence-electron chi connectivity index (χ3n) is 11.3. The Morgan fingerprint density at radius 1 is 0.712 bits per heavy atom. The van der Waals surface area contributed by atoms with Crippen molar-refractivity contribution in [3.8, 4) is 23.0 Å². The molecule has 2 N–H and O–H groups in total. The first-order valence-electron chi connectivity index (χ1n) is 18.4. The second-order valence-corrected chi connectivity index (χ2v) is 16.1. The fourth-order valence-corrected chi connectivity index (χ4v) is 9.76. The summed E-state index contributed by atoms with van der Waals surface area (Å²) in [5.41, 5.74) is 5.88. The smallest absolute Gasteiger partial charge is 0.378 e. The number of phenolic OH excluding ortho intramolecular Hbond substituents is 2. The summed E-state index contributed by atoms with van der Waals surface area (Å²) >= 11 is 0. The van der Waals surface area contributed by atoms with Gasteiger partial charge in [-0.2, -0.15) is 8.42 Å². The molecule has 2 aliphatic rings. The number of rotatable bonds is 8. The molecule has 0 heterocycles. The van der Waals surface area contributed by atoms with Gasteiger partial charge in [0.15, 0.2) is 4.98 Å². The van der Waals surface area contributed by atoms with Crippen molar-refractivity contribution in [3.05, 3.63) is 123 Å². The second-order valence-electron chi connectivity index (χ2n) is 14.6. The Hall–Kier alpha value is -5.07. The van der Waals surface area contributed by atoms with E-state index in [1.54, 1.807) is 18.2 Å². The highest BCUT2D eigenvalue weighted by Crippen LogP contribution is 2.48. The highest BCUT2D eigenvalue weighted by molar-refractivity contribution is 7.87. The minimum Gasteiger partial charge on any atom is -0.867 e. The average molecular weight is 717 g/mol. The van der Waals surface area contributed by atoms with E-state index in [0.29, 0.717) is 5.75 Å². The van der Waals surface area contributed by atoms with Crippen molar-refractivity contribution in [1.82, 2.24) is 0 Å². The zero-order chi connectivity index (χ0) is 36.6. The SMILES string of the molecule is Cc1cc(O)c(C2CCCCC2)cc1C(c1cc(C2CCCCC2)c(OS(=O)(=O)c2cccc3c([O-])c([N+]#N)ccc23)cc1C)c1ccccc1O. The Morgan fingerprint density at radius 3 is 1.98 bits per heavy atom. The van der Waals surface area contributed by atoms with Gasteiger partial charge in [-0.25, -0.2) is 0 Å². The van der Waals surface area contributed by atoms with E-state index in [1.807, 2.05) is 32.0 Å². The van der Waals surface area contributed by atoms with E-state index < -0.39 is 21.8 Å². The molecule has 1 atom stereocenters. The minimum atomic E-state index is -4.43. The van der Waals surface area contributed by atoms with E-state index in [1.165, 1.54) is 36.8 Å². The van der Waals surface area contributed by atoms with E-state index in [4.69, 9.17) is 4.18 Å². The van der Waals surface area contributed by atoms with E-state index >= 15 is 0 Å². The molecule has 8 nitrogen and oxygen atoms in total. The first-order chi connectivity index (χ1) is 25.1. The normalized spacial score (nSPS) is 16.4. The second kappa shape index (κ2) is 14.5. The van der Waals surface area contributed by atoms with Crippen molar-refractivity contribution < 1.29 is 27.9 Å². The van der Waals surface area contributed by atoms with Crippen molar-refractivity contribution in [2.75, 3.05) is 0 Å². The number of aryl methyl sites for hydroxylation is 2. The van der Waals surface area contributed by atoms with E-state index in [9.17, 15) is 29.1 Å². The van der Waals surface area contributed by atoms with Gasteiger partial charge in [0.2, 0.25) is 5.39 Å². The summed E-state index contributed by atoms with van der Waals surface area (Å²) in [7, 11) is -4.43. The number of benzene rings is 5. The predicted molar refractivity (Wildman–Crippen MR) is 201 cm³/mol. The summed E-state index contributed by atoms with van der Waals surface area (Å²) in [4.78, 5) is 2.89. The van der Waals surface area contributed by atoms with Gasteiger partial charge in [0.05, 0.1) is 0 Å². The first kappa shape index (κ1) is 35.3. The molecular formula is C43H44N2O6S. The molecule has 0 aromatic heterocycles. The predicted octanol–water partition coefficient (Wildman–Crippen LogP) is 10.5. The zero-order valence-corrected chi connectivity index (χ0v) is 30.5. The molecule has 1 unspecified atom stereocenters. The van der Waals surface area contributed by atoms with E-state index in [-0.39, 0.29) is 44.7 Å². The average Bonchev–Trinajstić information content (AvgIpc) is 3.14. The topological polar surface area (TPSA) is 135 Å². The van der Waals surface area contributed by atoms with Crippen molar-refractivity contribution in [3.63, 3.8) is 0 Å². The molecule has 52 heavy (non-hydrogen) atoms. The molecule has 2 aliphatic carbocycles. The van der Waals surface area contributed by atoms with Crippen LogP contribution in [0.15, 0.2) is 83.8 Å². The Kier molecular flexibility index (Phi) is 9.86. The number of phenols is 2. The van der Waals surface area contributed by atoms with Gasteiger partial charge in [0.1, 0.15) is 22.1 Å². The summed E-state index contributed by atoms with van der Waals surface area (Å²) in [6.07, 6.45) is 10.4. The Balaban J connectivity index is 1.39. The van der Waals surface area contributed by atoms with Crippen LogP contribution >= 0.6 is 0 Å². The summed E-state index contributed by atoms with van der Waals surface area (Å²) in [5, 5.41) is 45.0. The van der Waals surface area contributed by atoms with Crippen LogP contribution in [0.3, 0.4) is 0 Å². The molecule has 2 fully saturated rings. The molecule has 5 aromatic carbocycles. The fraction of sp³-hybridized carbons (Fsp3) is 0.349. The molecule has 0 saturated heterocycles. The van der Waals surface area contributed by atoms with Crippen LogP contribution in [-0.2, 0) is 10.1 Å². The van der Waals surface area contributed by atoms with Crippen LogP contribution in [0.25, 0.3) is 15.7 Å². The lowest BCUT2D eigenvalue weighted by Crippen LogP contribution is -2.16. The van der Waals surface area contributed by atoms with Crippen LogP contribution in [0.4, 0.5) is 5.69 Å². The third-order valence-corrected chi connectivity index (χ3v) is 12.6. The quantitative estimate of drug-likeness (QED) is 0.0927. The maximum Gasteiger partial charge on any atom is 0.378 e. The fourth-order valence-electron chi connectivity index (χ4n) is 8.59. The van der Waals surface area contributed by atoms with Gasteiger partial charge in [-0.15, -0.1) is 0 Å². The zero-order valence-electron chi connectivity index (χ0n) is 29.6. The highest BCUT2D eigenvalue weighted by atomic mass is 32.2. The van der Waals surface area contributed by atoms with Crippen LogP contribution < -0.4 is 9.29 Å². The lowest BCUT2D eigenvalue weighted by Gasteiger charge is -2.30. The highest BCUT2D eigenvalue weighted by Gasteiger charge is 2.31. The summed E-state index contributed by atoms with van der Waals surface area (Å²) < 4.78 is 34.4. The molecule has 5 aromatic rings. The maximum absolute atomic E-state index is 14.1. The van der Waals surface area contributed by atoms with Gasteiger partial charge in [0.25, 0.3) is 0 Å². The Bertz CT molecular complexity index is 2300. The minimum absolute atomic E-state index is 0.0523. The van der Waals surface area contributed by atoms with Crippen LogP contribution in [0, 0.1) is 19.2 Å². The Morgan fingerprint density at radius 2 is 1.33 bits per heavy atom. The number of hydrogen-bond donors (Lipinski definition) is 2. The monoisotopic (exact) mass is 716 g/mol. The molecule has 2 saturated carbocycles. The van der Waals surface area contributed by atoms with Gasteiger partial charge < -0.3 is 19.5 Å². The molecular weight excluding hydrogens is 673 g/mol. The number of aromatic hydroxyl groups is 2. The van der Waals surface area contributed by atoms with Crippen molar-refractivity contribution >= 4 is 26.6 Å². The standard InChI is InChI=1S/C43H44N2O6S/c1-26-22-39(47)35(28-12-5-3-6-13-28)24-33(26)42(32-16-9-10-18-38(32)46)34-25-36(29-14-7-4-8-15-29)40(23-27(34)2)51-52(49,50)41-19-11-17-31-30(41)20-21-37(45-44)43(31)48/h9-11,16-25,28-29,42H,3-8,12-15H2,1-2H3,(H2-,46,47,48). The van der Waals surface area contributed by atoms with E-state index in [2.05, 4.69) is 17.1 Å². The summed E-state index contributed by atoms with van der Waals surface area (Å²) in [5.74, 6) is 0.0360. The summed E-state index contributed by atoms with van der Waals surface area (Å²) in [6, 6.07) is 22.3. The van der Waals surface area contributed by atoms with Crippen molar-refractivity contribution in [1.29, 1.82) is 5.39 Å². The molecule has 7 rings (SSSR count). The van der Waals surface area contributed by atoms with Crippen LogP contribution in [0.5, 0.6) is 23.0 Å². The molecule has 0 bridgehead atoms. The number of para-hydroxylation sites is 1. The van der Waals surface area contributed by atoms with Crippen LogP contribution in [-0.4, -0.2) is 18.6 Å². The van der Waals surface area contributed by atoms with Gasteiger partial charge in [-0.05, 0) is 126 Å². The number of nitrogens with zero attached hydrogens (tertiary/aromatic N) is 2. The third kappa shape index (κ3) is 6.68. The molecule has 9 heteroatoms. The van der Waals surface area contributed by atoms with Gasteiger partial charge >= 0.3 is 15.8 Å². The van der Waals surface area contributed by atoms with Crippen molar-refractivity contribution in [2.45, 2.75) is 101 Å². The molecule has 0 amide bonds. The molecule has 0 spiro atoms. The van der Waals surface area contributed by atoms with Crippen LogP contribution in [0.2, 0.25) is 0 Å². The number of fused-ring (bicyclic) bond motifs is 1. The lowest BCUT2D eigenvalue weighted by atomic mass is 9.75. The Labute approximate surface area is 305 Å². The molecule has 0 radical (unpaired) electrons. The van der Waals surface area contributed by atoms with Gasteiger partial charge in [-0.3, -0.25) is 0 Å². The van der Waals surface area contributed by atoms with Gasteiger partial charge in [-0.1, -0.05) is 81.0 Å². The number of hydrogen-bond acceptors (Lipinski definition) is 7. The lowest BCUT2D eigenvalue weighted by molar-refractivity contribution is -0.264. The van der Waals surface area contributed by atoms with Gasteiger partial charge in [0, 0.05) is 22.9 Å². The van der Waals surface area contributed by atoms with E-state index in [0.717, 1.165) is 96.7 Å².